The zero-order valence-electron chi connectivity index (χ0n) is 17.7. The SMILES string of the molecule is COc1ccc([C@@H](NC(=O)COc2ccc(C)c3c2C(=O)C[C@H]3C)C(C)C)cc1. The second-order valence-corrected chi connectivity index (χ2v) is 8.05. The van der Waals surface area contributed by atoms with Crippen molar-refractivity contribution < 1.29 is 19.1 Å². The predicted molar refractivity (Wildman–Crippen MR) is 113 cm³/mol. The maximum atomic E-state index is 12.6. The van der Waals surface area contributed by atoms with Crippen molar-refractivity contribution in [3.8, 4) is 11.5 Å². The molecule has 5 nitrogen and oxygen atoms in total. The lowest BCUT2D eigenvalue weighted by Gasteiger charge is -2.23. The van der Waals surface area contributed by atoms with Gasteiger partial charge in [0.2, 0.25) is 0 Å². The first-order chi connectivity index (χ1) is 13.8. The molecule has 1 aliphatic carbocycles. The number of ether oxygens (including phenoxy) is 2. The highest BCUT2D eigenvalue weighted by Crippen LogP contribution is 2.40. The molecule has 2 aromatic rings. The number of carbonyl (C=O) groups is 2. The van der Waals surface area contributed by atoms with Gasteiger partial charge in [-0.2, -0.15) is 0 Å². The summed E-state index contributed by atoms with van der Waals surface area (Å²) < 4.78 is 11.0. The summed E-state index contributed by atoms with van der Waals surface area (Å²) in [5.74, 6) is 1.55. The summed E-state index contributed by atoms with van der Waals surface area (Å²) in [6.07, 6.45) is 0.496. The smallest absolute Gasteiger partial charge is 0.258 e. The average molecular weight is 395 g/mol. The van der Waals surface area contributed by atoms with Crippen molar-refractivity contribution in [2.45, 2.75) is 46.1 Å². The second-order valence-electron chi connectivity index (χ2n) is 8.05. The van der Waals surface area contributed by atoms with Gasteiger partial charge in [0.15, 0.2) is 12.4 Å². The van der Waals surface area contributed by atoms with Crippen LogP contribution < -0.4 is 14.8 Å². The van der Waals surface area contributed by atoms with Crippen molar-refractivity contribution >= 4 is 11.7 Å². The monoisotopic (exact) mass is 395 g/mol. The summed E-state index contributed by atoms with van der Waals surface area (Å²) in [4.78, 5) is 25.0. The summed E-state index contributed by atoms with van der Waals surface area (Å²) in [5, 5.41) is 3.05. The number of fused-ring (bicyclic) bond motifs is 1. The molecule has 0 fully saturated rings. The molecule has 0 saturated carbocycles. The highest BCUT2D eigenvalue weighted by Gasteiger charge is 2.31. The predicted octanol–water partition coefficient (Wildman–Crippen LogP) is 4.59. The molecule has 0 aliphatic heterocycles. The number of methoxy groups -OCH3 is 1. The molecule has 0 bridgehead atoms. The number of nitrogens with one attached hydrogen (secondary N) is 1. The fourth-order valence-corrected chi connectivity index (χ4v) is 4.03. The number of aryl methyl sites for hydroxylation is 1. The lowest BCUT2D eigenvalue weighted by Crippen LogP contribution is -2.35. The first-order valence-corrected chi connectivity index (χ1v) is 10.0. The van der Waals surface area contributed by atoms with Crippen molar-refractivity contribution in [2.24, 2.45) is 5.92 Å². The average Bonchev–Trinajstić information content (AvgIpc) is 3.00. The number of benzene rings is 2. The van der Waals surface area contributed by atoms with Gasteiger partial charge in [0.1, 0.15) is 11.5 Å². The fourth-order valence-electron chi connectivity index (χ4n) is 4.03. The van der Waals surface area contributed by atoms with Crippen LogP contribution in [0.25, 0.3) is 0 Å². The molecule has 0 spiro atoms. The molecule has 1 amide bonds. The molecule has 0 heterocycles. The molecule has 2 aromatic carbocycles. The van der Waals surface area contributed by atoms with E-state index in [1.165, 1.54) is 0 Å². The van der Waals surface area contributed by atoms with Crippen molar-refractivity contribution in [3.05, 3.63) is 58.7 Å². The van der Waals surface area contributed by atoms with Crippen LogP contribution in [0.4, 0.5) is 0 Å². The molecule has 0 aromatic heterocycles. The van der Waals surface area contributed by atoms with Crippen LogP contribution in [-0.2, 0) is 4.79 Å². The van der Waals surface area contributed by atoms with Crippen LogP contribution in [0, 0.1) is 12.8 Å². The maximum Gasteiger partial charge on any atom is 0.258 e. The van der Waals surface area contributed by atoms with Gasteiger partial charge in [-0.1, -0.05) is 39.0 Å². The van der Waals surface area contributed by atoms with E-state index in [-0.39, 0.29) is 36.2 Å². The van der Waals surface area contributed by atoms with Crippen molar-refractivity contribution in [1.82, 2.24) is 5.32 Å². The standard InChI is InChI=1S/C24H29NO4/c1-14(2)24(17-7-9-18(28-5)10-8-17)25-21(27)13-29-20-11-6-15(3)22-16(4)12-19(26)23(20)22/h6-11,14,16,24H,12-13H2,1-5H3,(H,25,27)/t16-,24+/m1/s1. The Hall–Kier alpha value is -2.82. The van der Waals surface area contributed by atoms with Gasteiger partial charge in [0.25, 0.3) is 5.91 Å². The number of hydrogen-bond donors (Lipinski definition) is 1. The third-order valence-electron chi connectivity index (χ3n) is 5.51. The van der Waals surface area contributed by atoms with E-state index < -0.39 is 0 Å². The van der Waals surface area contributed by atoms with E-state index in [4.69, 9.17) is 9.47 Å². The summed E-state index contributed by atoms with van der Waals surface area (Å²) in [6, 6.07) is 11.3. The van der Waals surface area contributed by atoms with E-state index in [2.05, 4.69) is 26.1 Å². The van der Waals surface area contributed by atoms with Crippen LogP contribution in [0.2, 0.25) is 0 Å². The normalized spacial score (nSPS) is 16.5. The molecule has 1 N–H and O–H groups in total. The molecule has 154 valence electrons. The Balaban J connectivity index is 1.70. The van der Waals surface area contributed by atoms with Crippen molar-refractivity contribution in [3.63, 3.8) is 0 Å². The molecule has 5 heteroatoms. The van der Waals surface area contributed by atoms with Crippen LogP contribution in [0.15, 0.2) is 36.4 Å². The third kappa shape index (κ3) is 4.44. The first kappa shape index (κ1) is 20.9. The largest absolute Gasteiger partial charge is 0.497 e. The lowest BCUT2D eigenvalue weighted by molar-refractivity contribution is -0.124. The molecule has 0 saturated heterocycles. The molecular formula is C24H29NO4. The van der Waals surface area contributed by atoms with E-state index in [1.54, 1.807) is 13.2 Å². The Kier molecular flexibility index (Phi) is 6.26. The first-order valence-electron chi connectivity index (χ1n) is 10.0. The molecule has 0 radical (unpaired) electrons. The third-order valence-corrected chi connectivity index (χ3v) is 5.51. The Labute approximate surface area is 172 Å². The lowest BCUT2D eigenvalue weighted by atomic mass is 9.96. The minimum atomic E-state index is -0.215. The molecular weight excluding hydrogens is 366 g/mol. The van der Waals surface area contributed by atoms with E-state index in [1.807, 2.05) is 37.3 Å². The minimum Gasteiger partial charge on any atom is -0.497 e. The maximum absolute atomic E-state index is 12.6. The van der Waals surface area contributed by atoms with Crippen LogP contribution in [0.3, 0.4) is 0 Å². The summed E-state index contributed by atoms with van der Waals surface area (Å²) in [7, 11) is 1.63. The van der Waals surface area contributed by atoms with Gasteiger partial charge in [0.05, 0.1) is 18.7 Å². The van der Waals surface area contributed by atoms with Gasteiger partial charge in [-0.05, 0) is 53.6 Å². The van der Waals surface area contributed by atoms with Crippen molar-refractivity contribution in [2.75, 3.05) is 13.7 Å². The summed E-state index contributed by atoms with van der Waals surface area (Å²) in [5.41, 5.74) is 3.79. The van der Waals surface area contributed by atoms with Crippen molar-refractivity contribution in [1.29, 1.82) is 0 Å². The fraction of sp³-hybridized carbons (Fsp3) is 0.417. The van der Waals surface area contributed by atoms with E-state index in [9.17, 15) is 9.59 Å². The minimum absolute atomic E-state index is 0.0879. The van der Waals surface area contributed by atoms with E-state index >= 15 is 0 Å². The summed E-state index contributed by atoms with van der Waals surface area (Å²) >= 11 is 0. The molecule has 1 aliphatic rings. The summed E-state index contributed by atoms with van der Waals surface area (Å²) in [6.45, 7) is 8.05. The van der Waals surface area contributed by atoms with Crippen LogP contribution in [0.1, 0.15) is 66.2 Å². The van der Waals surface area contributed by atoms with Crippen LogP contribution >= 0.6 is 0 Å². The molecule has 29 heavy (non-hydrogen) atoms. The second kappa shape index (κ2) is 8.68. The quantitative estimate of drug-likeness (QED) is 0.745. The number of amides is 1. The van der Waals surface area contributed by atoms with Gasteiger partial charge in [-0.3, -0.25) is 9.59 Å². The molecule has 3 rings (SSSR count). The number of hydrogen-bond acceptors (Lipinski definition) is 4. The molecule has 0 unspecified atom stereocenters. The van der Waals surface area contributed by atoms with Crippen LogP contribution in [0.5, 0.6) is 11.5 Å². The van der Waals surface area contributed by atoms with Gasteiger partial charge in [0, 0.05) is 6.42 Å². The number of Topliss-reactive ketones (excluding diaryl/α,β-unsaturated/α-hetero) is 1. The Morgan fingerprint density at radius 2 is 1.86 bits per heavy atom. The zero-order valence-corrected chi connectivity index (χ0v) is 17.7. The Morgan fingerprint density at radius 1 is 1.17 bits per heavy atom. The number of ketones is 1. The Morgan fingerprint density at radius 3 is 2.48 bits per heavy atom. The topological polar surface area (TPSA) is 64.6 Å². The van der Waals surface area contributed by atoms with E-state index in [0.29, 0.717) is 17.7 Å². The van der Waals surface area contributed by atoms with Crippen LogP contribution in [-0.4, -0.2) is 25.4 Å². The van der Waals surface area contributed by atoms with Gasteiger partial charge in [-0.25, -0.2) is 0 Å². The van der Waals surface area contributed by atoms with E-state index in [0.717, 1.165) is 22.4 Å². The van der Waals surface area contributed by atoms with Gasteiger partial charge >= 0.3 is 0 Å². The van der Waals surface area contributed by atoms with Gasteiger partial charge < -0.3 is 14.8 Å². The Bertz CT molecular complexity index is 902. The zero-order chi connectivity index (χ0) is 21.1. The highest BCUT2D eigenvalue weighted by atomic mass is 16.5. The number of carbonyl (C=O) groups excluding carboxylic acids is 2. The molecule has 2 atom stereocenters. The van der Waals surface area contributed by atoms with Gasteiger partial charge in [-0.15, -0.1) is 0 Å². The number of rotatable bonds is 7. The highest BCUT2D eigenvalue weighted by molar-refractivity contribution is 6.04.